The number of carbonyl (C=O) groups is 2. The number of carbonyl (C=O) groups excluding carboxylic acids is 2. The molecule has 0 radical (unpaired) electrons. The molecule has 126 valence electrons. The first-order valence-electron chi connectivity index (χ1n) is 8.35. The number of hydrogen-bond donors (Lipinski definition) is 1. The normalized spacial score (nSPS) is 14.1. The number of likely N-dealkylation sites (tertiary alicyclic amines) is 1. The van der Waals surface area contributed by atoms with Crippen LogP contribution in [-0.2, 0) is 4.79 Å². The van der Waals surface area contributed by atoms with Crippen LogP contribution in [0.25, 0.3) is 0 Å². The molecule has 2 amide bonds. The third-order valence-corrected chi connectivity index (χ3v) is 3.76. The minimum absolute atomic E-state index is 0.122. The Bertz CT molecular complexity index is 537. The summed E-state index contributed by atoms with van der Waals surface area (Å²) in [5, 5.41) is 2.80. The van der Waals surface area contributed by atoms with Crippen molar-refractivity contribution in [3.8, 4) is 5.75 Å². The minimum atomic E-state index is -0.172. The van der Waals surface area contributed by atoms with Crippen LogP contribution < -0.4 is 10.1 Å². The predicted octanol–water partition coefficient (Wildman–Crippen LogP) is 2.46. The Morgan fingerprint density at radius 2 is 2.00 bits per heavy atom. The number of ether oxygens (including phenoxy) is 1. The molecule has 1 fully saturated rings. The van der Waals surface area contributed by atoms with Gasteiger partial charge in [0.15, 0.2) is 0 Å². The lowest BCUT2D eigenvalue weighted by molar-refractivity contribution is -0.129. The van der Waals surface area contributed by atoms with Crippen LogP contribution in [0.1, 0.15) is 43.5 Å². The Morgan fingerprint density at radius 3 is 2.70 bits per heavy atom. The Balaban J connectivity index is 1.78. The van der Waals surface area contributed by atoms with Crippen molar-refractivity contribution in [2.24, 2.45) is 5.92 Å². The highest BCUT2D eigenvalue weighted by atomic mass is 16.5. The van der Waals surface area contributed by atoms with Gasteiger partial charge in [0.1, 0.15) is 5.75 Å². The van der Waals surface area contributed by atoms with Crippen LogP contribution in [0.5, 0.6) is 5.75 Å². The molecule has 0 spiro atoms. The third-order valence-electron chi connectivity index (χ3n) is 3.76. The van der Waals surface area contributed by atoms with Gasteiger partial charge in [-0.1, -0.05) is 19.9 Å². The van der Waals surface area contributed by atoms with Crippen molar-refractivity contribution >= 4 is 11.8 Å². The van der Waals surface area contributed by atoms with Gasteiger partial charge in [-0.15, -0.1) is 0 Å². The molecule has 1 N–H and O–H groups in total. The zero-order valence-electron chi connectivity index (χ0n) is 14.0. The van der Waals surface area contributed by atoms with Crippen LogP contribution in [0.3, 0.4) is 0 Å². The Hall–Kier alpha value is -2.04. The summed E-state index contributed by atoms with van der Waals surface area (Å²) < 4.78 is 5.63. The zero-order valence-corrected chi connectivity index (χ0v) is 14.0. The van der Waals surface area contributed by atoms with Gasteiger partial charge in [0.05, 0.1) is 6.61 Å². The molecule has 1 saturated heterocycles. The first-order chi connectivity index (χ1) is 11.1. The second-order valence-corrected chi connectivity index (χ2v) is 6.33. The molecule has 23 heavy (non-hydrogen) atoms. The molecule has 1 heterocycles. The van der Waals surface area contributed by atoms with Crippen molar-refractivity contribution in [3.63, 3.8) is 0 Å². The summed E-state index contributed by atoms with van der Waals surface area (Å²) >= 11 is 0. The van der Waals surface area contributed by atoms with Crippen LogP contribution in [0, 0.1) is 5.92 Å². The lowest BCUT2D eigenvalue weighted by atomic mass is 10.2. The van der Waals surface area contributed by atoms with Crippen molar-refractivity contribution in [3.05, 3.63) is 29.8 Å². The molecular formula is C18H26N2O3. The predicted molar refractivity (Wildman–Crippen MR) is 89.5 cm³/mol. The topological polar surface area (TPSA) is 58.6 Å². The molecule has 0 saturated carbocycles. The average molecular weight is 318 g/mol. The van der Waals surface area contributed by atoms with E-state index >= 15 is 0 Å². The monoisotopic (exact) mass is 318 g/mol. The fraction of sp³-hybridized carbons (Fsp3) is 0.556. The van der Waals surface area contributed by atoms with Crippen LogP contribution in [0.2, 0.25) is 0 Å². The van der Waals surface area contributed by atoms with Gasteiger partial charge in [-0.3, -0.25) is 9.59 Å². The number of amides is 2. The second kappa shape index (κ2) is 8.56. The summed E-state index contributed by atoms with van der Waals surface area (Å²) in [6.45, 7) is 6.84. The molecule has 1 aromatic carbocycles. The van der Waals surface area contributed by atoms with Crippen molar-refractivity contribution in [1.29, 1.82) is 0 Å². The average Bonchev–Trinajstić information content (AvgIpc) is 3.07. The van der Waals surface area contributed by atoms with Crippen molar-refractivity contribution in [2.45, 2.75) is 33.1 Å². The summed E-state index contributed by atoms with van der Waals surface area (Å²) in [7, 11) is 0. The smallest absolute Gasteiger partial charge is 0.251 e. The summed E-state index contributed by atoms with van der Waals surface area (Å²) in [6, 6.07) is 7.13. The van der Waals surface area contributed by atoms with E-state index in [9.17, 15) is 9.59 Å². The maximum atomic E-state index is 12.1. The molecule has 1 aliphatic rings. The van der Waals surface area contributed by atoms with Crippen LogP contribution in [0.4, 0.5) is 0 Å². The van der Waals surface area contributed by atoms with Crippen LogP contribution >= 0.6 is 0 Å². The van der Waals surface area contributed by atoms with E-state index in [-0.39, 0.29) is 11.8 Å². The summed E-state index contributed by atoms with van der Waals surface area (Å²) in [6.07, 6.45) is 2.53. The molecule has 0 atom stereocenters. The quantitative estimate of drug-likeness (QED) is 0.840. The number of nitrogens with zero attached hydrogens (tertiary/aromatic N) is 1. The van der Waals surface area contributed by atoms with Crippen molar-refractivity contribution in [2.75, 3.05) is 26.2 Å². The van der Waals surface area contributed by atoms with E-state index in [1.165, 1.54) is 0 Å². The van der Waals surface area contributed by atoms with Gasteiger partial charge in [0.2, 0.25) is 5.91 Å². The lowest BCUT2D eigenvalue weighted by Gasteiger charge is -2.15. The molecule has 1 aliphatic heterocycles. The molecular weight excluding hydrogens is 292 g/mol. The third kappa shape index (κ3) is 5.58. The molecule has 0 bridgehead atoms. The fourth-order valence-electron chi connectivity index (χ4n) is 2.50. The minimum Gasteiger partial charge on any atom is -0.493 e. The SMILES string of the molecule is CC(C)COc1cccc(C(=O)NCCC(=O)N2CCCC2)c1. The second-order valence-electron chi connectivity index (χ2n) is 6.33. The van der Waals surface area contributed by atoms with E-state index in [2.05, 4.69) is 19.2 Å². The first kappa shape index (κ1) is 17.3. The van der Waals surface area contributed by atoms with Gasteiger partial charge in [-0.25, -0.2) is 0 Å². The summed E-state index contributed by atoms with van der Waals surface area (Å²) in [4.78, 5) is 25.9. The largest absolute Gasteiger partial charge is 0.493 e. The van der Waals surface area contributed by atoms with Gasteiger partial charge in [-0.2, -0.15) is 0 Å². The van der Waals surface area contributed by atoms with Crippen molar-refractivity contribution < 1.29 is 14.3 Å². The standard InChI is InChI=1S/C18H26N2O3/c1-14(2)13-23-16-7-5-6-15(12-16)18(22)19-9-8-17(21)20-10-3-4-11-20/h5-7,12,14H,3-4,8-11,13H2,1-2H3,(H,19,22). The van der Waals surface area contributed by atoms with Gasteiger partial charge < -0.3 is 15.0 Å². The van der Waals surface area contributed by atoms with Crippen molar-refractivity contribution in [1.82, 2.24) is 10.2 Å². The summed E-state index contributed by atoms with van der Waals surface area (Å²) in [5.41, 5.74) is 0.555. The lowest BCUT2D eigenvalue weighted by Crippen LogP contribution is -2.32. The molecule has 1 aromatic rings. The molecule has 0 unspecified atom stereocenters. The number of nitrogens with one attached hydrogen (secondary N) is 1. The van der Waals surface area contributed by atoms with E-state index in [1.54, 1.807) is 18.2 Å². The van der Waals surface area contributed by atoms with Gasteiger partial charge in [0, 0.05) is 31.6 Å². The first-order valence-corrected chi connectivity index (χ1v) is 8.35. The highest BCUT2D eigenvalue weighted by Gasteiger charge is 2.17. The van der Waals surface area contributed by atoms with E-state index in [4.69, 9.17) is 4.74 Å². The highest BCUT2D eigenvalue weighted by Crippen LogP contribution is 2.14. The molecule has 5 heteroatoms. The van der Waals surface area contributed by atoms with E-state index in [1.807, 2.05) is 11.0 Å². The Morgan fingerprint density at radius 1 is 1.26 bits per heavy atom. The fourth-order valence-corrected chi connectivity index (χ4v) is 2.50. The van der Waals surface area contributed by atoms with E-state index < -0.39 is 0 Å². The summed E-state index contributed by atoms with van der Waals surface area (Å²) in [5.74, 6) is 1.08. The zero-order chi connectivity index (χ0) is 16.7. The molecule has 2 rings (SSSR count). The maximum absolute atomic E-state index is 12.1. The number of hydrogen-bond acceptors (Lipinski definition) is 3. The van der Waals surface area contributed by atoms with Gasteiger partial charge in [-0.05, 0) is 37.0 Å². The maximum Gasteiger partial charge on any atom is 0.251 e. The van der Waals surface area contributed by atoms with Crippen LogP contribution in [0.15, 0.2) is 24.3 Å². The number of benzene rings is 1. The molecule has 0 aromatic heterocycles. The van der Waals surface area contributed by atoms with Gasteiger partial charge in [0.25, 0.3) is 5.91 Å². The van der Waals surface area contributed by atoms with Crippen LogP contribution in [-0.4, -0.2) is 43.0 Å². The molecule has 0 aliphatic carbocycles. The van der Waals surface area contributed by atoms with E-state index in [0.717, 1.165) is 25.9 Å². The Labute approximate surface area is 138 Å². The van der Waals surface area contributed by atoms with Gasteiger partial charge >= 0.3 is 0 Å². The molecule has 5 nitrogen and oxygen atoms in total. The highest BCUT2D eigenvalue weighted by molar-refractivity contribution is 5.94. The Kier molecular flexibility index (Phi) is 6.44. The van der Waals surface area contributed by atoms with E-state index in [0.29, 0.717) is 36.8 Å². The number of rotatable bonds is 7.